The lowest BCUT2D eigenvalue weighted by Gasteiger charge is -2.06. The van der Waals surface area contributed by atoms with Gasteiger partial charge in [-0.05, 0) is 17.7 Å². The number of hydrogen-bond donors (Lipinski definition) is 1. The van der Waals surface area contributed by atoms with Crippen LogP contribution in [0.25, 0.3) is 0 Å². The third-order valence-electron chi connectivity index (χ3n) is 2.46. The van der Waals surface area contributed by atoms with Crippen molar-refractivity contribution in [1.29, 1.82) is 0 Å². The smallest absolute Gasteiger partial charge is 0.267 e. The molecule has 0 radical (unpaired) electrons. The lowest BCUT2D eigenvalue weighted by molar-refractivity contribution is 0.570. The van der Waals surface area contributed by atoms with E-state index < -0.39 is 0 Å². The molecule has 1 aromatic heterocycles. The van der Waals surface area contributed by atoms with Gasteiger partial charge in [0, 0.05) is 24.4 Å². The Labute approximate surface area is 97.5 Å². The van der Waals surface area contributed by atoms with Gasteiger partial charge in [-0.1, -0.05) is 12.1 Å². The number of aromatic nitrogens is 2. The average Bonchev–Trinajstić information content (AvgIpc) is 2.34. The first kappa shape index (κ1) is 11.5. The Morgan fingerprint density at radius 1 is 1.35 bits per heavy atom. The van der Waals surface area contributed by atoms with Crippen molar-refractivity contribution >= 4 is 0 Å². The van der Waals surface area contributed by atoms with Crippen LogP contribution in [0.5, 0.6) is 0 Å². The third kappa shape index (κ3) is 2.57. The zero-order valence-corrected chi connectivity index (χ0v) is 9.14. The molecule has 2 N–H and O–H groups in total. The molecule has 4 nitrogen and oxygen atoms in total. The molecule has 0 aliphatic heterocycles. The highest BCUT2D eigenvalue weighted by Crippen LogP contribution is 2.10. The Hall–Kier alpha value is -2.01. The van der Waals surface area contributed by atoms with E-state index in [1.54, 1.807) is 18.2 Å². The second-order valence-corrected chi connectivity index (χ2v) is 3.65. The Morgan fingerprint density at radius 2 is 2.18 bits per heavy atom. The molecule has 0 saturated heterocycles. The summed E-state index contributed by atoms with van der Waals surface area (Å²) in [7, 11) is 0. The lowest BCUT2D eigenvalue weighted by Crippen LogP contribution is -2.22. The van der Waals surface area contributed by atoms with Crippen molar-refractivity contribution in [2.24, 2.45) is 5.73 Å². The molecule has 0 atom stereocenters. The molecular weight excluding hydrogens is 221 g/mol. The van der Waals surface area contributed by atoms with Crippen molar-refractivity contribution in [3.63, 3.8) is 0 Å². The maximum atomic E-state index is 13.7. The van der Waals surface area contributed by atoms with E-state index in [4.69, 9.17) is 5.73 Å². The van der Waals surface area contributed by atoms with Crippen LogP contribution in [0.2, 0.25) is 0 Å². The first-order chi connectivity index (χ1) is 8.20. The number of nitrogens with two attached hydrogens (primary N) is 1. The lowest BCUT2D eigenvalue weighted by atomic mass is 10.1. The number of halogens is 1. The van der Waals surface area contributed by atoms with E-state index in [0.717, 1.165) is 5.56 Å². The topological polar surface area (TPSA) is 60.9 Å². The summed E-state index contributed by atoms with van der Waals surface area (Å²) in [6, 6.07) is 7.68. The zero-order chi connectivity index (χ0) is 12.3. The predicted molar refractivity (Wildman–Crippen MR) is 61.9 cm³/mol. The number of nitrogens with zero attached hydrogens (tertiary/aromatic N) is 2. The number of hydrogen-bond acceptors (Lipinski definition) is 3. The van der Waals surface area contributed by atoms with E-state index in [1.807, 2.05) is 0 Å². The molecule has 1 aromatic carbocycles. The molecule has 0 amide bonds. The summed E-state index contributed by atoms with van der Waals surface area (Å²) in [6.45, 7) is 0.414. The summed E-state index contributed by atoms with van der Waals surface area (Å²) >= 11 is 0. The summed E-state index contributed by atoms with van der Waals surface area (Å²) in [5.74, 6) is -0.370. The highest BCUT2D eigenvalue weighted by Gasteiger charge is 2.05. The number of rotatable bonds is 3. The predicted octanol–water partition coefficient (Wildman–Crippen LogP) is 0.889. The molecule has 0 fully saturated rings. The van der Waals surface area contributed by atoms with Gasteiger partial charge in [-0.25, -0.2) is 9.07 Å². The van der Waals surface area contributed by atoms with Crippen molar-refractivity contribution in [3.05, 3.63) is 63.8 Å². The van der Waals surface area contributed by atoms with Crippen molar-refractivity contribution < 1.29 is 4.39 Å². The molecule has 2 aromatic rings. The average molecular weight is 233 g/mol. The molecule has 1 heterocycles. The van der Waals surface area contributed by atoms with Crippen molar-refractivity contribution in [2.45, 2.75) is 13.1 Å². The van der Waals surface area contributed by atoms with Gasteiger partial charge in [0.15, 0.2) is 0 Å². The van der Waals surface area contributed by atoms with E-state index in [-0.39, 0.29) is 17.9 Å². The van der Waals surface area contributed by atoms with Crippen LogP contribution in [-0.2, 0) is 13.1 Å². The molecule has 0 aliphatic carbocycles. The van der Waals surface area contributed by atoms with Gasteiger partial charge >= 0.3 is 0 Å². The number of benzene rings is 1. The first-order valence-electron chi connectivity index (χ1n) is 5.20. The van der Waals surface area contributed by atoms with Crippen molar-refractivity contribution in [3.8, 4) is 0 Å². The maximum absolute atomic E-state index is 13.7. The highest BCUT2D eigenvalue weighted by molar-refractivity contribution is 5.24. The molecule has 0 unspecified atom stereocenters. The van der Waals surface area contributed by atoms with Gasteiger partial charge in [0.1, 0.15) is 5.82 Å². The molecular formula is C12H12FN3O. The summed E-state index contributed by atoms with van der Waals surface area (Å²) in [5, 5.41) is 3.87. The Balaban J connectivity index is 2.31. The van der Waals surface area contributed by atoms with Gasteiger partial charge < -0.3 is 5.73 Å². The fraction of sp³-hybridized carbons (Fsp3) is 0.167. The first-order valence-corrected chi connectivity index (χ1v) is 5.20. The van der Waals surface area contributed by atoms with E-state index in [0.29, 0.717) is 12.1 Å². The summed E-state index contributed by atoms with van der Waals surface area (Å²) in [6.07, 6.45) is 1.49. The Morgan fingerprint density at radius 3 is 2.82 bits per heavy atom. The standard InChI is InChI=1S/C12H12FN3O/c13-11-6-9(7-14)3-4-10(11)8-16-12(17)2-1-5-15-16/h1-6H,7-8,14H2. The van der Waals surface area contributed by atoms with E-state index in [2.05, 4.69) is 5.10 Å². The largest absolute Gasteiger partial charge is 0.326 e. The minimum atomic E-state index is -0.370. The SMILES string of the molecule is NCc1ccc(Cn2ncccc2=O)c(F)c1. The van der Waals surface area contributed by atoms with Crippen LogP contribution in [-0.4, -0.2) is 9.78 Å². The second-order valence-electron chi connectivity index (χ2n) is 3.65. The fourth-order valence-corrected chi connectivity index (χ4v) is 1.51. The normalized spacial score (nSPS) is 10.5. The monoisotopic (exact) mass is 233 g/mol. The van der Waals surface area contributed by atoms with Crippen LogP contribution in [0.1, 0.15) is 11.1 Å². The van der Waals surface area contributed by atoms with Crippen LogP contribution in [0.3, 0.4) is 0 Å². The summed E-state index contributed by atoms with van der Waals surface area (Å²) < 4.78 is 14.9. The van der Waals surface area contributed by atoms with Crippen LogP contribution in [0.4, 0.5) is 4.39 Å². The molecule has 0 saturated carbocycles. The molecule has 0 bridgehead atoms. The quantitative estimate of drug-likeness (QED) is 0.856. The molecule has 2 rings (SSSR count). The van der Waals surface area contributed by atoms with Gasteiger partial charge in [-0.2, -0.15) is 5.10 Å². The zero-order valence-electron chi connectivity index (χ0n) is 9.14. The second kappa shape index (κ2) is 4.88. The van der Waals surface area contributed by atoms with Crippen LogP contribution in [0.15, 0.2) is 41.3 Å². The van der Waals surface area contributed by atoms with Gasteiger partial charge in [0.25, 0.3) is 5.56 Å². The van der Waals surface area contributed by atoms with Crippen molar-refractivity contribution in [1.82, 2.24) is 9.78 Å². The summed E-state index contributed by atoms with van der Waals surface area (Å²) in [5.41, 5.74) is 6.30. The van der Waals surface area contributed by atoms with Gasteiger partial charge in [0.2, 0.25) is 0 Å². The van der Waals surface area contributed by atoms with Crippen LogP contribution >= 0.6 is 0 Å². The van der Waals surface area contributed by atoms with E-state index >= 15 is 0 Å². The van der Waals surface area contributed by atoms with E-state index in [1.165, 1.54) is 23.0 Å². The van der Waals surface area contributed by atoms with Crippen molar-refractivity contribution in [2.75, 3.05) is 0 Å². The minimum Gasteiger partial charge on any atom is -0.326 e. The minimum absolute atomic E-state index is 0.121. The van der Waals surface area contributed by atoms with Gasteiger partial charge in [-0.3, -0.25) is 4.79 Å². The summed E-state index contributed by atoms with van der Waals surface area (Å²) in [4.78, 5) is 11.4. The Kier molecular flexibility index (Phi) is 3.30. The van der Waals surface area contributed by atoms with E-state index in [9.17, 15) is 9.18 Å². The maximum Gasteiger partial charge on any atom is 0.267 e. The molecule has 17 heavy (non-hydrogen) atoms. The molecule has 88 valence electrons. The van der Waals surface area contributed by atoms with Crippen LogP contribution in [0, 0.1) is 5.82 Å². The highest BCUT2D eigenvalue weighted by atomic mass is 19.1. The fourth-order valence-electron chi connectivity index (χ4n) is 1.51. The molecule has 0 aliphatic rings. The molecule has 0 spiro atoms. The third-order valence-corrected chi connectivity index (χ3v) is 2.46. The van der Waals surface area contributed by atoms with Crippen LogP contribution < -0.4 is 11.3 Å². The Bertz CT molecular complexity index is 580. The van der Waals surface area contributed by atoms with Gasteiger partial charge in [-0.15, -0.1) is 0 Å². The van der Waals surface area contributed by atoms with Gasteiger partial charge in [0.05, 0.1) is 6.54 Å². The molecule has 5 heteroatoms.